The number of β-lactam (4-membered cyclic amide) rings is 1. The second kappa shape index (κ2) is 9.68. The molecule has 16 heteroatoms. The molecular formula is C20H24N6O8S2. The second-order valence-corrected chi connectivity index (χ2v) is 10.8. The van der Waals surface area contributed by atoms with Crippen molar-refractivity contribution < 1.29 is 43.7 Å². The van der Waals surface area contributed by atoms with Gasteiger partial charge in [0, 0.05) is 23.1 Å². The van der Waals surface area contributed by atoms with Gasteiger partial charge in [-0.05, 0) is 6.92 Å². The largest absolute Gasteiger partial charge is 0.543 e. The number of nitrogens with two attached hydrogens (primary N) is 1. The fraction of sp³-hybridized carbons (Fsp3) is 0.500. The van der Waals surface area contributed by atoms with Crippen LogP contribution in [0.15, 0.2) is 21.8 Å². The average molecular weight is 541 g/mol. The molecule has 194 valence electrons. The standard InChI is InChI=1S/C20H24N6O8S2/c1-8(18(29)30)33-24-12(10-7-36-20(21)22-10)15(27)23-13-16(28)25-14(19(31)32)9(6-35-17(13)25)11-4-5-26(2,3)34-11/h7-8,11,13,17H,4-6H2,1-3H3,(H4-,21,22,23,27,29,30,31,32)/b24-12-/t8?,11-,13?,17?/m0/s1. The molecule has 14 nitrogen and oxygen atoms in total. The van der Waals surface area contributed by atoms with Gasteiger partial charge in [-0.3, -0.25) is 14.5 Å². The first kappa shape index (κ1) is 25.9. The molecule has 36 heavy (non-hydrogen) atoms. The highest BCUT2D eigenvalue weighted by Gasteiger charge is 2.54. The number of hydroxylamine groups is 3. The van der Waals surface area contributed by atoms with Gasteiger partial charge in [-0.2, -0.15) is 9.48 Å². The number of amides is 2. The lowest BCUT2D eigenvalue weighted by Gasteiger charge is -2.51. The number of quaternary nitrogens is 1. The summed E-state index contributed by atoms with van der Waals surface area (Å²) in [5.41, 5.74) is 5.52. The summed E-state index contributed by atoms with van der Waals surface area (Å²) in [6.07, 6.45) is -1.23. The SMILES string of the molecule is CC(O/N=C(\C(=O)NC1C(=O)N2C(C(=O)[O-])=C([C@@H]3CC[N+](C)(C)O3)CSC12)c1csc(N)n1)C(=O)O. The first-order valence-corrected chi connectivity index (χ1v) is 12.7. The summed E-state index contributed by atoms with van der Waals surface area (Å²) in [6.45, 7) is 1.91. The smallest absolute Gasteiger partial charge is 0.347 e. The zero-order chi connectivity index (χ0) is 26.4. The third-order valence-corrected chi connectivity index (χ3v) is 7.81. The molecule has 4 N–H and O–H groups in total. The van der Waals surface area contributed by atoms with Gasteiger partial charge in [-0.25, -0.2) is 9.78 Å². The number of carbonyl (C=O) groups is 4. The minimum atomic E-state index is -1.49. The number of rotatable bonds is 8. The lowest BCUT2D eigenvalue weighted by atomic mass is 9.99. The van der Waals surface area contributed by atoms with E-state index in [1.165, 1.54) is 24.1 Å². The fourth-order valence-electron chi connectivity index (χ4n) is 3.98. The van der Waals surface area contributed by atoms with Crippen molar-refractivity contribution >= 4 is 57.7 Å². The Morgan fingerprint density at radius 2 is 2.17 bits per heavy atom. The first-order valence-electron chi connectivity index (χ1n) is 10.8. The van der Waals surface area contributed by atoms with Crippen molar-refractivity contribution in [1.82, 2.24) is 15.2 Å². The van der Waals surface area contributed by atoms with E-state index in [1.807, 2.05) is 14.1 Å². The van der Waals surface area contributed by atoms with Crippen molar-refractivity contribution in [3.8, 4) is 0 Å². The van der Waals surface area contributed by atoms with E-state index in [1.54, 1.807) is 0 Å². The molecule has 3 unspecified atom stereocenters. The van der Waals surface area contributed by atoms with Crippen LogP contribution in [-0.4, -0.2) is 99.1 Å². The summed E-state index contributed by atoms with van der Waals surface area (Å²) in [4.78, 5) is 65.0. The molecule has 1 aromatic rings. The topological polar surface area (TPSA) is 197 Å². The van der Waals surface area contributed by atoms with Gasteiger partial charge in [0.05, 0.1) is 25.8 Å². The third-order valence-electron chi connectivity index (χ3n) is 5.84. The van der Waals surface area contributed by atoms with Crippen LogP contribution in [0.1, 0.15) is 19.0 Å². The lowest BCUT2D eigenvalue weighted by Crippen LogP contribution is -2.71. The number of carboxylic acid groups (broad SMARTS) is 2. The molecular weight excluding hydrogens is 516 g/mol. The van der Waals surface area contributed by atoms with Crippen molar-refractivity contribution in [2.45, 2.75) is 37.0 Å². The molecule has 0 aromatic carbocycles. The van der Waals surface area contributed by atoms with Crippen LogP contribution in [0, 0.1) is 0 Å². The highest BCUT2D eigenvalue weighted by atomic mass is 32.2. The molecule has 2 fully saturated rings. The number of hydrogen-bond donors (Lipinski definition) is 3. The molecule has 3 aliphatic rings. The zero-order valence-corrected chi connectivity index (χ0v) is 21.1. The highest BCUT2D eigenvalue weighted by molar-refractivity contribution is 8.00. The van der Waals surface area contributed by atoms with E-state index in [9.17, 15) is 24.3 Å². The summed E-state index contributed by atoms with van der Waals surface area (Å²) < 4.78 is 0.265. The second-order valence-electron chi connectivity index (χ2n) is 8.80. The van der Waals surface area contributed by atoms with Crippen LogP contribution in [0.3, 0.4) is 0 Å². The number of aliphatic carboxylic acids is 2. The molecule has 0 aliphatic carbocycles. The number of nitrogen functional groups attached to an aromatic ring is 1. The van der Waals surface area contributed by atoms with Gasteiger partial charge in [0.15, 0.2) is 10.8 Å². The van der Waals surface area contributed by atoms with E-state index in [2.05, 4.69) is 15.5 Å². The monoisotopic (exact) mass is 540 g/mol. The van der Waals surface area contributed by atoms with Gasteiger partial charge in [-0.15, -0.1) is 23.1 Å². The Morgan fingerprint density at radius 1 is 1.44 bits per heavy atom. The molecule has 1 aromatic heterocycles. The lowest BCUT2D eigenvalue weighted by molar-refractivity contribution is -1.06. The molecule has 3 aliphatic heterocycles. The number of thioether (sulfide) groups is 1. The maximum atomic E-state index is 13.0. The van der Waals surface area contributed by atoms with Crippen molar-refractivity contribution in [1.29, 1.82) is 0 Å². The van der Waals surface area contributed by atoms with Gasteiger partial charge in [0.2, 0.25) is 6.10 Å². The van der Waals surface area contributed by atoms with E-state index < -0.39 is 47.4 Å². The predicted octanol–water partition coefficient (Wildman–Crippen LogP) is -1.90. The van der Waals surface area contributed by atoms with Gasteiger partial charge in [-0.1, -0.05) is 5.16 Å². The van der Waals surface area contributed by atoms with Crippen LogP contribution >= 0.6 is 23.1 Å². The van der Waals surface area contributed by atoms with Crippen LogP contribution in [-0.2, 0) is 28.9 Å². The van der Waals surface area contributed by atoms with Crippen molar-refractivity contribution in [2.24, 2.45) is 5.16 Å². The Bertz CT molecular complexity index is 1180. The number of carbonyl (C=O) groups excluding carboxylic acids is 3. The van der Waals surface area contributed by atoms with Crippen LogP contribution in [0.4, 0.5) is 5.13 Å². The quantitative estimate of drug-likeness (QED) is 0.144. The number of oxime groups is 1. The van der Waals surface area contributed by atoms with Gasteiger partial charge >= 0.3 is 5.97 Å². The van der Waals surface area contributed by atoms with E-state index in [0.29, 0.717) is 18.5 Å². The molecule has 2 amide bonds. The molecule has 0 spiro atoms. The summed E-state index contributed by atoms with van der Waals surface area (Å²) in [5, 5.41) is 28.1. The number of carboxylic acids is 2. The Balaban J connectivity index is 1.54. The number of fused-ring (bicyclic) bond motifs is 1. The summed E-state index contributed by atoms with van der Waals surface area (Å²) in [5.74, 6) is -4.02. The Kier molecular flexibility index (Phi) is 6.96. The van der Waals surface area contributed by atoms with Crippen LogP contribution in [0.2, 0.25) is 0 Å². The van der Waals surface area contributed by atoms with E-state index in [-0.39, 0.29) is 32.6 Å². The van der Waals surface area contributed by atoms with Crippen LogP contribution in [0.25, 0.3) is 0 Å². The summed E-state index contributed by atoms with van der Waals surface area (Å²) in [7, 11) is 3.71. The molecule has 2 saturated heterocycles. The fourth-order valence-corrected chi connectivity index (χ4v) is 5.94. The Labute approximate surface area is 213 Å². The normalized spacial score (nSPS) is 26.2. The third kappa shape index (κ3) is 4.88. The summed E-state index contributed by atoms with van der Waals surface area (Å²) in [6, 6.07) is -1.06. The highest BCUT2D eigenvalue weighted by Crippen LogP contribution is 2.43. The van der Waals surface area contributed by atoms with Crippen LogP contribution < -0.4 is 16.2 Å². The molecule has 4 rings (SSSR count). The molecule has 0 saturated carbocycles. The Morgan fingerprint density at radius 3 is 2.72 bits per heavy atom. The molecule has 4 heterocycles. The van der Waals surface area contributed by atoms with Gasteiger partial charge < -0.3 is 30.9 Å². The summed E-state index contributed by atoms with van der Waals surface area (Å²) >= 11 is 2.32. The van der Waals surface area contributed by atoms with E-state index in [0.717, 1.165) is 16.2 Å². The number of thiazole rings is 1. The minimum Gasteiger partial charge on any atom is -0.543 e. The maximum absolute atomic E-state index is 13.0. The van der Waals surface area contributed by atoms with Crippen molar-refractivity contribution in [3.63, 3.8) is 0 Å². The van der Waals surface area contributed by atoms with Crippen molar-refractivity contribution in [2.75, 3.05) is 32.1 Å². The number of anilines is 1. The maximum Gasteiger partial charge on any atom is 0.347 e. The van der Waals surface area contributed by atoms with Gasteiger partial charge in [0.1, 0.15) is 29.8 Å². The molecule has 4 atom stereocenters. The number of aromatic nitrogens is 1. The number of nitrogens with one attached hydrogen (secondary N) is 1. The zero-order valence-electron chi connectivity index (χ0n) is 19.5. The molecule has 0 radical (unpaired) electrons. The number of nitrogens with zero attached hydrogens (tertiary/aromatic N) is 4. The van der Waals surface area contributed by atoms with Crippen molar-refractivity contribution in [3.05, 3.63) is 22.3 Å². The number of hydrogen-bond acceptors (Lipinski definition) is 12. The van der Waals surface area contributed by atoms with E-state index in [4.69, 9.17) is 20.5 Å². The minimum absolute atomic E-state index is 0.0317. The van der Waals surface area contributed by atoms with E-state index >= 15 is 0 Å². The van der Waals surface area contributed by atoms with Crippen LogP contribution in [0.5, 0.6) is 0 Å². The molecule has 0 bridgehead atoms. The first-order chi connectivity index (χ1) is 16.9. The predicted molar refractivity (Wildman–Crippen MR) is 125 cm³/mol. The average Bonchev–Trinajstić information content (AvgIpc) is 3.40. The Hall–Kier alpha value is -3.21. The van der Waals surface area contributed by atoms with Gasteiger partial charge in [0.25, 0.3) is 11.8 Å².